The summed E-state index contributed by atoms with van der Waals surface area (Å²) in [6.07, 6.45) is 5.45. The third kappa shape index (κ3) is 5.29. The number of hydrogen-bond donors (Lipinski definition) is 1. The fourth-order valence-electron chi connectivity index (χ4n) is 4.20. The Bertz CT molecular complexity index is 986. The van der Waals surface area contributed by atoms with E-state index in [4.69, 9.17) is 4.74 Å². The maximum Gasteiger partial charge on any atom is 0.270 e. The first-order valence-corrected chi connectivity index (χ1v) is 11.5. The molecule has 1 atom stereocenters. The fraction of sp³-hybridized carbons (Fsp3) is 0.375. The van der Waals surface area contributed by atoms with Crippen LogP contribution >= 0.6 is 11.3 Å². The van der Waals surface area contributed by atoms with Gasteiger partial charge in [0.2, 0.25) is 0 Å². The number of amides is 1. The quantitative estimate of drug-likeness (QED) is 0.600. The van der Waals surface area contributed by atoms with E-state index in [2.05, 4.69) is 39.2 Å². The zero-order valence-electron chi connectivity index (χ0n) is 18.0. The van der Waals surface area contributed by atoms with Gasteiger partial charge in [0, 0.05) is 29.9 Å². The third-order valence-corrected chi connectivity index (χ3v) is 6.69. The van der Waals surface area contributed by atoms with Crippen LogP contribution in [0.1, 0.15) is 45.5 Å². The minimum atomic E-state index is -0.146. The average molecular weight is 437 g/mol. The molecule has 1 saturated heterocycles. The van der Waals surface area contributed by atoms with Crippen LogP contribution in [0.3, 0.4) is 0 Å². The number of nitrogens with zero attached hydrogens (tertiary/aromatic N) is 3. The molecular weight excluding hydrogens is 408 g/mol. The maximum absolute atomic E-state index is 12.8. The number of benzene rings is 1. The molecule has 1 aliphatic heterocycles. The van der Waals surface area contributed by atoms with Gasteiger partial charge in [0.25, 0.3) is 5.91 Å². The molecule has 1 N–H and O–H groups in total. The van der Waals surface area contributed by atoms with E-state index in [1.54, 1.807) is 36.9 Å². The second-order valence-corrected chi connectivity index (χ2v) is 8.89. The van der Waals surface area contributed by atoms with Gasteiger partial charge in [-0.2, -0.15) is 0 Å². The molecule has 7 heteroatoms. The van der Waals surface area contributed by atoms with Crippen molar-refractivity contribution in [3.05, 3.63) is 76.0 Å². The molecule has 1 amide bonds. The van der Waals surface area contributed by atoms with Gasteiger partial charge in [0.05, 0.1) is 13.2 Å². The molecule has 0 aliphatic carbocycles. The molecule has 2 aromatic heterocycles. The van der Waals surface area contributed by atoms with Gasteiger partial charge in [-0.25, -0.2) is 4.98 Å². The summed E-state index contributed by atoms with van der Waals surface area (Å²) >= 11 is 1.60. The Balaban J connectivity index is 1.42. The first-order chi connectivity index (χ1) is 15.1. The minimum absolute atomic E-state index is 0.0924. The summed E-state index contributed by atoms with van der Waals surface area (Å²) in [7, 11) is 1.73. The number of aromatic nitrogens is 2. The number of thiazole rings is 1. The van der Waals surface area contributed by atoms with Gasteiger partial charge in [-0.3, -0.25) is 14.7 Å². The van der Waals surface area contributed by atoms with Crippen LogP contribution in [0.5, 0.6) is 5.75 Å². The van der Waals surface area contributed by atoms with E-state index in [-0.39, 0.29) is 11.9 Å². The van der Waals surface area contributed by atoms with Crippen molar-refractivity contribution in [2.45, 2.75) is 32.4 Å². The number of rotatable bonds is 7. The van der Waals surface area contributed by atoms with Crippen LogP contribution in [-0.2, 0) is 6.54 Å². The number of carbonyl (C=O) groups excluding carboxylic acids is 1. The Morgan fingerprint density at radius 3 is 2.74 bits per heavy atom. The second kappa shape index (κ2) is 10.0. The van der Waals surface area contributed by atoms with Crippen LogP contribution in [0.15, 0.2) is 54.2 Å². The molecule has 1 unspecified atom stereocenters. The molecule has 4 rings (SSSR count). The largest absolute Gasteiger partial charge is 0.496 e. The number of carbonyl (C=O) groups is 1. The van der Waals surface area contributed by atoms with Gasteiger partial charge in [-0.15, -0.1) is 11.3 Å². The summed E-state index contributed by atoms with van der Waals surface area (Å²) in [6, 6.07) is 11.6. The topological polar surface area (TPSA) is 67.3 Å². The van der Waals surface area contributed by atoms with Gasteiger partial charge >= 0.3 is 0 Å². The minimum Gasteiger partial charge on any atom is -0.496 e. The van der Waals surface area contributed by atoms with Gasteiger partial charge in [-0.1, -0.05) is 23.8 Å². The van der Waals surface area contributed by atoms with Crippen LogP contribution in [0, 0.1) is 12.8 Å². The molecule has 1 aromatic carbocycles. The summed E-state index contributed by atoms with van der Waals surface area (Å²) in [4.78, 5) is 23.9. The maximum atomic E-state index is 12.8. The van der Waals surface area contributed by atoms with Crippen molar-refractivity contribution in [3.63, 3.8) is 0 Å². The van der Waals surface area contributed by atoms with Crippen LogP contribution in [0.25, 0.3) is 0 Å². The molecule has 6 nitrogen and oxygen atoms in total. The standard InChI is InChI=1S/C24H28N4O2S/c1-17-6-7-21(30-2)19(15-17)16-28-12-8-18(9-13-28)22(24-26-11-14-31-24)27-23(29)20-5-3-4-10-25-20/h3-7,10-11,14-15,18,22H,8-9,12-13,16H2,1-2H3,(H,27,29). The predicted molar refractivity (Wildman–Crippen MR) is 122 cm³/mol. The van der Waals surface area contributed by atoms with E-state index in [9.17, 15) is 4.79 Å². The summed E-state index contributed by atoms with van der Waals surface area (Å²) in [5.41, 5.74) is 2.90. The first-order valence-electron chi connectivity index (χ1n) is 10.6. The Hall–Kier alpha value is -2.77. The number of aryl methyl sites for hydroxylation is 1. The molecular formula is C24H28N4O2S. The molecule has 1 fully saturated rings. The highest BCUT2D eigenvalue weighted by atomic mass is 32.1. The van der Waals surface area contributed by atoms with Gasteiger partial charge < -0.3 is 10.1 Å². The molecule has 0 spiro atoms. The lowest BCUT2D eigenvalue weighted by Crippen LogP contribution is -2.40. The van der Waals surface area contributed by atoms with Crippen LogP contribution in [0.2, 0.25) is 0 Å². The highest BCUT2D eigenvalue weighted by Gasteiger charge is 2.31. The number of pyridine rings is 1. The molecule has 3 heterocycles. The summed E-state index contributed by atoms with van der Waals surface area (Å²) in [5, 5.41) is 6.13. The molecule has 0 bridgehead atoms. The molecule has 162 valence electrons. The highest BCUT2D eigenvalue weighted by molar-refractivity contribution is 7.09. The van der Waals surface area contributed by atoms with E-state index in [0.717, 1.165) is 43.2 Å². The zero-order chi connectivity index (χ0) is 21.6. The lowest BCUT2D eigenvalue weighted by Gasteiger charge is -2.36. The molecule has 3 aromatic rings. The van der Waals surface area contributed by atoms with Crippen molar-refractivity contribution in [2.24, 2.45) is 5.92 Å². The van der Waals surface area contributed by atoms with E-state index >= 15 is 0 Å². The van der Waals surface area contributed by atoms with E-state index in [1.807, 2.05) is 23.6 Å². The number of hydrogen-bond acceptors (Lipinski definition) is 6. The van der Waals surface area contributed by atoms with E-state index in [1.165, 1.54) is 11.1 Å². The highest BCUT2D eigenvalue weighted by Crippen LogP contribution is 2.33. The number of nitrogens with one attached hydrogen (secondary N) is 1. The summed E-state index contributed by atoms with van der Waals surface area (Å²) < 4.78 is 5.55. The molecule has 31 heavy (non-hydrogen) atoms. The Morgan fingerprint density at radius 2 is 2.06 bits per heavy atom. The smallest absolute Gasteiger partial charge is 0.270 e. The fourth-order valence-corrected chi connectivity index (χ4v) is 4.98. The monoisotopic (exact) mass is 436 g/mol. The normalized spacial score (nSPS) is 16.1. The molecule has 1 aliphatic rings. The zero-order valence-corrected chi connectivity index (χ0v) is 18.8. The number of ether oxygens (including phenoxy) is 1. The van der Waals surface area contributed by atoms with E-state index in [0.29, 0.717) is 11.6 Å². The number of likely N-dealkylation sites (tertiary alicyclic amines) is 1. The molecule has 0 radical (unpaired) electrons. The van der Waals surface area contributed by atoms with Crippen molar-refractivity contribution < 1.29 is 9.53 Å². The van der Waals surface area contributed by atoms with Crippen LogP contribution in [0.4, 0.5) is 0 Å². The van der Waals surface area contributed by atoms with Crippen LogP contribution < -0.4 is 10.1 Å². The van der Waals surface area contributed by atoms with E-state index < -0.39 is 0 Å². The summed E-state index contributed by atoms with van der Waals surface area (Å²) in [6.45, 7) is 4.93. The van der Waals surface area contributed by atoms with Crippen LogP contribution in [-0.4, -0.2) is 41.0 Å². The Morgan fingerprint density at radius 1 is 1.23 bits per heavy atom. The van der Waals surface area contributed by atoms with Gasteiger partial charge in [0.1, 0.15) is 16.5 Å². The first kappa shape index (κ1) is 21.5. The average Bonchev–Trinajstić information content (AvgIpc) is 3.33. The number of piperidine rings is 1. The van der Waals surface area contributed by atoms with Crippen molar-refractivity contribution in [1.82, 2.24) is 20.2 Å². The van der Waals surface area contributed by atoms with Crippen molar-refractivity contribution in [1.29, 1.82) is 0 Å². The lowest BCUT2D eigenvalue weighted by atomic mass is 9.89. The van der Waals surface area contributed by atoms with Gasteiger partial charge in [-0.05, 0) is 57.0 Å². The third-order valence-electron chi connectivity index (χ3n) is 5.84. The lowest BCUT2D eigenvalue weighted by molar-refractivity contribution is 0.0885. The Kier molecular flexibility index (Phi) is 6.94. The van der Waals surface area contributed by atoms with Crippen molar-refractivity contribution in [2.75, 3.05) is 20.2 Å². The molecule has 0 saturated carbocycles. The van der Waals surface area contributed by atoms with Crippen molar-refractivity contribution in [3.8, 4) is 5.75 Å². The second-order valence-electron chi connectivity index (χ2n) is 7.97. The Labute approximate surface area is 187 Å². The summed E-state index contributed by atoms with van der Waals surface area (Å²) in [5.74, 6) is 1.14. The van der Waals surface area contributed by atoms with Gasteiger partial charge in [0.15, 0.2) is 0 Å². The number of methoxy groups -OCH3 is 1. The van der Waals surface area contributed by atoms with Crippen molar-refractivity contribution >= 4 is 17.2 Å². The predicted octanol–water partition coefficient (Wildman–Crippen LogP) is 4.24. The SMILES string of the molecule is COc1ccc(C)cc1CN1CCC(C(NC(=O)c2ccccn2)c2nccs2)CC1.